The summed E-state index contributed by atoms with van der Waals surface area (Å²) in [6.07, 6.45) is 3.23. The molecule has 7 nitrogen and oxygen atoms in total. The highest BCUT2D eigenvalue weighted by atomic mass is 35.5. The van der Waals surface area contributed by atoms with Gasteiger partial charge in [0, 0.05) is 36.7 Å². The summed E-state index contributed by atoms with van der Waals surface area (Å²) < 4.78 is 4.93. The van der Waals surface area contributed by atoms with Gasteiger partial charge in [-0.1, -0.05) is 31.5 Å². The lowest BCUT2D eigenvalue weighted by Gasteiger charge is -2.37. The van der Waals surface area contributed by atoms with E-state index in [1.807, 2.05) is 25.2 Å². The lowest BCUT2D eigenvalue weighted by atomic mass is 9.77. The van der Waals surface area contributed by atoms with Crippen molar-refractivity contribution in [2.45, 2.75) is 38.2 Å². The largest absolute Gasteiger partial charge is 0.391 e. The van der Waals surface area contributed by atoms with Crippen LogP contribution >= 0.6 is 11.6 Å². The van der Waals surface area contributed by atoms with Gasteiger partial charge in [0.2, 0.25) is 5.95 Å². The van der Waals surface area contributed by atoms with Crippen LogP contribution in [0.4, 0.5) is 5.95 Å². The van der Waals surface area contributed by atoms with Gasteiger partial charge in [-0.15, -0.1) is 0 Å². The van der Waals surface area contributed by atoms with Crippen molar-refractivity contribution in [3.05, 3.63) is 40.5 Å². The monoisotopic (exact) mass is 418 g/mol. The molecule has 1 fully saturated rings. The second-order valence-electron chi connectivity index (χ2n) is 8.10. The molecule has 156 valence electrons. The Balaban J connectivity index is 0.000000290. The molecule has 3 N–H and O–H groups in total. The Morgan fingerprint density at radius 1 is 1.38 bits per heavy atom. The standard InChI is InChI=1S/C16H17ClN4O.C5H10O2/c1-16(2)8-21(3)14(22)10-5-4-9(6-11(10)16)13-12(17)7-19-15(18)20-13;6-5-2-1-3-7-4-5/h4-7H,8H2,1-3H3,(H2,18,19,20);5-6H,1-4H2. The van der Waals surface area contributed by atoms with Gasteiger partial charge in [-0.2, -0.15) is 0 Å². The quantitative estimate of drug-likeness (QED) is 0.738. The topological polar surface area (TPSA) is 102 Å². The van der Waals surface area contributed by atoms with E-state index >= 15 is 0 Å². The molecule has 0 aliphatic carbocycles. The number of benzene rings is 1. The zero-order chi connectivity index (χ0) is 21.2. The van der Waals surface area contributed by atoms with Crippen molar-refractivity contribution >= 4 is 23.5 Å². The summed E-state index contributed by atoms with van der Waals surface area (Å²) in [5.74, 6) is 0.210. The Morgan fingerprint density at radius 3 is 2.76 bits per heavy atom. The molecule has 3 heterocycles. The number of nitrogens with two attached hydrogens (primary N) is 1. The van der Waals surface area contributed by atoms with E-state index in [-0.39, 0.29) is 23.4 Å². The van der Waals surface area contributed by atoms with E-state index in [2.05, 4.69) is 23.8 Å². The average molecular weight is 419 g/mol. The number of amides is 1. The van der Waals surface area contributed by atoms with Gasteiger partial charge in [-0.05, 0) is 30.5 Å². The van der Waals surface area contributed by atoms with Crippen LogP contribution in [-0.2, 0) is 10.2 Å². The number of nitrogens with zero attached hydrogens (tertiary/aromatic N) is 3. The number of anilines is 1. The third-order valence-corrected chi connectivity index (χ3v) is 5.41. The third-order valence-electron chi connectivity index (χ3n) is 5.13. The van der Waals surface area contributed by atoms with Gasteiger partial charge in [-0.3, -0.25) is 4.79 Å². The lowest BCUT2D eigenvalue weighted by molar-refractivity contribution is -0.00535. The maximum atomic E-state index is 12.3. The molecule has 0 bridgehead atoms. The molecule has 1 saturated heterocycles. The van der Waals surface area contributed by atoms with Crippen molar-refractivity contribution in [3.8, 4) is 11.3 Å². The van der Waals surface area contributed by atoms with Gasteiger partial charge < -0.3 is 20.5 Å². The van der Waals surface area contributed by atoms with Crippen molar-refractivity contribution < 1.29 is 14.6 Å². The van der Waals surface area contributed by atoms with E-state index in [1.165, 1.54) is 6.20 Å². The molecule has 2 aromatic rings. The number of aliphatic hydroxyl groups is 1. The van der Waals surface area contributed by atoms with Gasteiger partial charge in [0.15, 0.2) is 0 Å². The van der Waals surface area contributed by atoms with Crippen LogP contribution < -0.4 is 5.73 Å². The fourth-order valence-corrected chi connectivity index (χ4v) is 3.90. The van der Waals surface area contributed by atoms with Crippen molar-refractivity contribution in [2.24, 2.45) is 0 Å². The van der Waals surface area contributed by atoms with E-state index in [1.54, 1.807) is 4.90 Å². The molecular weight excluding hydrogens is 392 g/mol. The molecular formula is C21H27ClN4O3. The van der Waals surface area contributed by atoms with E-state index in [0.29, 0.717) is 23.9 Å². The van der Waals surface area contributed by atoms with E-state index in [0.717, 1.165) is 36.1 Å². The summed E-state index contributed by atoms with van der Waals surface area (Å²) >= 11 is 6.18. The predicted octanol–water partition coefficient (Wildman–Crippen LogP) is 2.90. The molecule has 1 amide bonds. The summed E-state index contributed by atoms with van der Waals surface area (Å²) in [7, 11) is 1.82. The van der Waals surface area contributed by atoms with Crippen molar-refractivity contribution in [2.75, 3.05) is 32.5 Å². The molecule has 29 heavy (non-hydrogen) atoms. The molecule has 0 spiro atoms. The number of fused-ring (bicyclic) bond motifs is 1. The predicted molar refractivity (Wildman–Crippen MR) is 113 cm³/mol. The number of likely N-dealkylation sites (N-methyl/N-ethyl adjacent to an activating group) is 1. The Bertz CT molecular complexity index is 897. The third kappa shape index (κ3) is 4.86. The first-order valence-electron chi connectivity index (χ1n) is 9.63. The summed E-state index contributed by atoms with van der Waals surface area (Å²) in [5, 5.41) is 9.22. The molecule has 0 radical (unpaired) electrons. The SMILES string of the molecule is CN1CC(C)(C)c2cc(-c3nc(N)ncc3Cl)ccc2C1=O.OC1CCCOC1. The number of rotatable bonds is 1. The molecule has 1 aromatic carbocycles. The highest BCUT2D eigenvalue weighted by Gasteiger charge is 2.35. The van der Waals surface area contributed by atoms with Gasteiger partial charge >= 0.3 is 0 Å². The number of nitrogen functional groups attached to an aromatic ring is 1. The molecule has 2 aliphatic rings. The zero-order valence-corrected chi connectivity index (χ0v) is 17.7. The van der Waals surface area contributed by atoms with Crippen LogP contribution in [0.15, 0.2) is 24.4 Å². The Morgan fingerprint density at radius 2 is 2.14 bits per heavy atom. The van der Waals surface area contributed by atoms with Crippen LogP contribution in [0.3, 0.4) is 0 Å². The molecule has 1 unspecified atom stereocenters. The smallest absolute Gasteiger partial charge is 0.253 e. The molecule has 0 saturated carbocycles. The van der Waals surface area contributed by atoms with E-state index < -0.39 is 0 Å². The zero-order valence-electron chi connectivity index (χ0n) is 17.0. The van der Waals surface area contributed by atoms with Gasteiger partial charge in [0.05, 0.1) is 29.6 Å². The maximum absolute atomic E-state index is 12.3. The minimum atomic E-state index is -0.186. The molecule has 4 rings (SSSR count). The summed E-state index contributed by atoms with van der Waals surface area (Å²) in [6, 6.07) is 5.66. The Kier molecular flexibility index (Phi) is 6.41. The lowest BCUT2D eigenvalue weighted by Crippen LogP contribution is -2.44. The number of carbonyl (C=O) groups excluding carboxylic acids is 1. The number of hydrogen-bond acceptors (Lipinski definition) is 6. The molecule has 2 aliphatic heterocycles. The van der Waals surface area contributed by atoms with Gasteiger partial charge in [0.1, 0.15) is 0 Å². The number of ether oxygens (including phenoxy) is 1. The summed E-state index contributed by atoms with van der Waals surface area (Å²) in [6.45, 7) is 6.28. The van der Waals surface area contributed by atoms with Crippen LogP contribution in [-0.4, -0.2) is 58.8 Å². The fourth-order valence-electron chi connectivity index (χ4n) is 3.70. The molecule has 1 aromatic heterocycles. The average Bonchev–Trinajstić information content (AvgIpc) is 2.69. The number of hydrogen-bond donors (Lipinski definition) is 2. The van der Waals surface area contributed by atoms with Crippen LogP contribution in [0.1, 0.15) is 42.6 Å². The first-order chi connectivity index (χ1) is 13.7. The number of aliphatic hydroxyl groups excluding tert-OH is 1. The first-order valence-corrected chi connectivity index (χ1v) is 10.0. The van der Waals surface area contributed by atoms with Crippen molar-refractivity contribution in [1.82, 2.24) is 14.9 Å². The highest BCUT2D eigenvalue weighted by Crippen LogP contribution is 2.36. The fraction of sp³-hybridized carbons (Fsp3) is 0.476. The number of carbonyl (C=O) groups is 1. The maximum Gasteiger partial charge on any atom is 0.253 e. The van der Waals surface area contributed by atoms with E-state index in [9.17, 15) is 4.79 Å². The second kappa shape index (κ2) is 8.65. The van der Waals surface area contributed by atoms with Crippen LogP contribution in [0.2, 0.25) is 5.02 Å². The Labute approximate surface area is 175 Å². The number of aromatic nitrogens is 2. The van der Waals surface area contributed by atoms with Crippen LogP contribution in [0.5, 0.6) is 0 Å². The van der Waals surface area contributed by atoms with Crippen LogP contribution in [0.25, 0.3) is 11.3 Å². The number of halogens is 1. The highest BCUT2D eigenvalue weighted by molar-refractivity contribution is 6.32. The van der Waals surface area contributed by atoms with E-state index in [4.69, 9.17) is 27.2 Å². The normalized spacial score (nSPS) is 20.5. The minimum Gasteiger partial charge on any atom is -0.391 e. The van der Waals surface area contributed by atoms with Gasteiger partial charge in [0.25, 0.3) is 5.91 Å². The molecule has 1 atom stereocenters. The van der Waals surface area contributed by atoms with Crippen molar-refractivity contribution in [3.63, 3.8) is 0 Å². The van der Waals surface area contributed by atoms with Crippen molar-refractivity contribution in [1.29, 1.82) is 0 Å². The summed E-state index contributed by atoms with van der Waals surface area (Å²) in [5.41, 5.74) is 8.66. The Hall–Kier alpha value is -2.22. The second-order valence-corrected chi connectivity index (χ2v) is 8.51. The first kappa shape index (κ1) is 21.5. The van der Waals surface area contributed by atoms with Gasteiger partial charge in [-0.25, -0.2) is 9.97 Å². The minimum absolute atomic E-state index is 0.0363. The van der Waals surface area contributed by atoms with Crippen LogP contribution in [0, 0.1) is 0 Å². The molecule has 8 heteroatoms. The summed E-state index contributed by atoms with van der Waals surface area (Å²) in [4.78, 5) is 22.2.